The minimum absolute atomic E-state index is 0.125. The van der Waals surface area contributed by atoms with Crippen LogP contribution in [0.3, 0.4) is 0 Å². The zero-order valence-corrected chi connectivity index (χ0v) is 12.5. The van der Waals surface area contributed by atoms with Crippen LogP contribution in [-0.2, 0) is 21.7 Å². The Balaban J connectivity index is 2.06. The van der Waals surface area contributed by atoms with Crippen molar-refractivity contribution >= 4 is 21.4 Å². The van der Waals surface area contributed by atoms with Gasteiger partial charge in [0.1, 0.15) is 0 Å². The van der Waals surface area contributed by atoms with Gasteiger partial charge in [0.15, 0.2) is 9.84 Å². The third-order valence-corrected chi connectivity index (χ3v) is 7.12. The Kier molecular flexibility index (Phi) is 3.38. The van der Waals surface area contributed by atoms with Gasteiger partial charge in [-0.1, -0.05) is 24.3 Å². The monoisotopic (exact) mass is 298 g/mol. The highest BCUT2D eigenvalue weighted by Gasteiger charge is 2.46. The van der Waals surface area contributed by atoms with Crippen molar-refractivity contribution in [3.8, 4) is 0 Å². The highest BCUT2D eigenvalue weighted by molar-refractivity contribution is 7.91. The molecular formula is C15H19ClO2S. The first-order valence-corrected chi connectivity index (χ1v) is 9.28. The summed E-state index contributed by atoms with van der Waals surface area (Å²) >= 11 is 6.34. The van der Waals surface area contributed by atoms with Crippen molar-refractivity contribution in [2.24, 2.45) is 5.92 Å². The maximum absolute atomic E-state index is 11.8. The summed E-state index contributed by atoms with van der Waals surface area (Å²) in [6.07, 6.45) is 3.99. The second-order valence-electron chi connectivity index (χ2n) is 5.90. The quantitative estimate of drug-likeness (QED) is 0.787. The Morgan fingerprint density at radius 1 is 1.32 bits per heavy atom. The Morgan fingerprint density at radius 3 is 2.79 bits per heavy atom. The van der Waals surface area contributed by atoms with Crippen molar-refractivity contribution in [2.45, 2.75) is 31.1 Å². The van der Waals surface area contributed by atoms with E-state index in [1.54, 1.807) is 0 Å². The lowest BCUT2D eigenvalue weighted by atomic mass is 9.64. The zero-order valence-electron chi connectivity index (χ0n) is 10.9. The average Bonchev–Trinajstić information content (AvgIpc) is 2.79. The van der Waals surface area contributed by atoms with Gasteiger partial charge in [0.25, 0.3) is 0 Å². The molecule has 1 fully saturated rings. The van der Waals surface area contributed by atoms with Crippen LogP contribution in [0, 0.1) is 5.92 Å². The number of aryl methyl sites for hydroxylation is 1. The Morgan fingerprint density at radius 2 is 2.11 bits per heavy atom. The maximum atomic E-state index is 11.8. The number of halogens is 1. The first-order chi connectivity index (χ1) is 9.07. The molecule has 4 heteroatoms. The molecule has 1 heterocycles. The van der Waals surface area contributed by atoms with Gasteiger partial charge in [0, 0.05) is 11.3 Å². The molecule has 1 aliphatic carbocycles. The van der Waals surface area contributed by atoms with Crippen molar-refractivity contribution in [1.82, 2.24) is 0 Å². The van der Waals surface area contributed by atoms with Gasteiger partial charge in [-0.05, 0) is 42.7 Å². The van der Waals surface area contributed by atoms with E-state index in [1.165, 1.54) is 11.1 Å². The van der Waals surface area contributed by atoms with E-state index in [2.05, 4.69) is 24.3 Å². The molecule has 0 saturated carbocycles. The Labute approximate surface area is 120 Å². The first kappa shape index (κ1) is 13.4. The van der Waals surface area contributed by atoms with Crippen LogP contribution in [0.25, 0.3) is 0 Å². The number of hydrogen-bond donors (Lipinski definition) is 0. The molecule has 1 aromatic rings. The van der Waals surface area contributed by atoms with Crippen LogP contribution in [0.1, 0.15) is 30.4 Å². The smallest absolute Gasteiger partial charge is 0.150 e. The summed E-state index contributed by atoms with van der Waals surface area (Å²) < 4.78 is 23.6. The lowest BCUT2D eigenvalue weighted by molar-refractivity contribution is 0.281. The molecular weight excluding hydrogens is 280 g/mol. The van der Waals surface area contributed by atoms with E-state index >= 15 is 0 Å². The molecule has 2 atom stereocenters. The van der Waals surface area contributed by atoms with Gasteiger partial charge in [-0.3, -0.25) is 0 Å². The predicted octanol–water partition coefficient (Wildman–Crippen LogP) is 2.93. The van der Waals surface area contributed by atoms with Gasteiger partial charge in [-0.2, -0.15) is 0 Å². The Bertz CT molecular complexity index is 582. The SMILES string of the molecule is O=S1(=O)CCC(C2(CCl)CCCc3ccccc32)C1. The fourth-order valence-electron chi connectivity index (χ4n) is 3.86. The second kappa shape index (κ2) is 4.78. The molecule has 0 bridgehead atoms. The van der Waals surface area contributed by atoms with Gasteiger partial charge in [-0.15, -0.1) is 11.6 Å². The summed E-state index contributed by atoms with van der Waals surface area (Å²) in [6.45, 7) is 0. The van der Waals surface area contributed by atoms with Gasteiger partial charge in [0.2, 0.25) is 0 Å². The minimum atomic E-state index is -2.85. The second-order valence-corrected chi connectivity index (χ2v) is 8.40. The fourth-order valence-corrected chi connectivity index (χ4v) is 6.26. The molecule has 0 spiro atoms. The largest absolute Gasteiger partial charge is 0.229 e. The molecule has 0 N–H and O–H groups in total. The molecule has 2 aliphatic rings. The minimum Gasteiger partial charge on any atom is -0.229 e. The van der Waals surface area contributed by atoms with Gasteiger partial charge in [0.05, 0.1) is 11.5 Å². The highest BCUT2D eigenvalue weighted by atomic mass is 35.5. The molecule has 0 amide bonds. The molecule has 0 aromatic heterocycles. The molecule has 1 saturated heterocycles. The summed E-state index contributed by atoms with van der Waals surface area (Å²) in [5.41, 5.74) is 2.54. The van der Waals surface area contributed by atoms with Gasteiger partial charge in [-0.25, -0.2) is 8.42 Å². The lowest BCUT2D eigenvalue weighted by Crippen LogP contribution is -2.41. The van der Waals surface area contributed by atoms with Crippen LogP contribution in [0.5, 0.6) is 0 Å². The van der Waals surface area contributed by atoms with Crippen molar-refractivity contribution in [2.75, 3.05) is 17.4 Å². The summed E-state index contributed by atoms with van der Waals surface area (Å²) in [6, 6.07) is 8.44. The zero-order chi connectivity index (χ0) is 13.5. The predicted molar refractivity (Wildman–Crippen MR) is 78.5 cm³/mol. The molecule has 1 aromatic carbocycles. The van der Waals surface area contributed by atoms with Crippen LogP contribution in [0.4, 0.5) is 0 Å². The average molecular weight is 299 g/mol. The molecule has 2 unspecified atom stereocenters. The fraction of sp³-hybridized carbons (Fsp3) is 0.600. The van der Waals surface area contributed by atoms with Gasteiger partial charge < -0.3 is 0 Å². The summed E-state index contributed by atoms with van der Waals surface area (Å²) in [5.74, 6) is 1.37. The number of alkyl halides is 1. The van der Waals surface area contributed by atoms with Crippen LogP contribution in [0.15, 0.2) is 24.3 Å². The van der Waals surface area contributed by atoms with E-state index in [1.807, 2.05) is 0 Å². The number of fused-ring (bicyclic) bond motifs is 1. The van der Waals surface area contributed by atoms with E-state index in [0.29, 0.717) is 17.4 Å². The number of rotatable bonds is 2. The molecule has 19 heavy (non-hydrogen) atoms. The molecule has 104 valence electrons. The van der Waals surface area contributed by atoms with E-state index in [0.717, 1.165) is 25.7 Å². The van der Waals surface area contributed by atoms with Crippen molar-refractivity contribution < 1.29 is 8.42 Å². The number of sulfone groups is 1. The standard InChI is InChI=1S/C15H19ClO2S/c16-11-15(13-7-9-19(17,18)10-13)8-3-5-12-4-1-2-6-14(12)15/h1-2,4,6,13H,3,5,7-11H2. The molecule has 3 rings (SSSR count). The Hall–Kier alpha value is -0.540. The maximum Gasteiger partial charge on any atom is 0.150 e. The third-order valence-electron chi connectivity index (χ3n) is 4.88. The van der Waals surface area contributed by atoms with E-state index in [4.69, 9.17) is 11.6 Å². The molecule has 0 radical (unpaired) electrons. The number of benzene rings is 1. The van der Waals surface area contributed by atoms with Crippen molar-refractivity contribution in [1.29, 1.82) is 0 Å². The van der Waals surface area contributed by atoms with Crippen LogP contribution >= 0.6 is 11.6 Å². The lowest BCUT2D eigenvalue weighted by Gasteiger charge is -2.42. The number of hydrogen-bond acceptors (Lipinski definition) is 2. The van der Waals surface area contributed by atoms with Crippen molar-refractivity contribution in [3.05, 3.63) is 35.4 Å². The highest BCUT2D eigenvalue weighted by Crippen LogP contribution is 2.47. The van der Waals surface area contributed by atoms with Crippen LogP contribution in [0.2, 0.25) is 0 Å². The normalized spacial score (nSPS) is 33.0. The van der Waals surface area contributed by atoms with Crippen LogP contribution < -0.4 is 0 Å². The topological polar surface area (TPSA) is 34.1 Å². The van der Waals surface area contributed by atoms with E-state index < -0.39 is 9.84 Å². The first-order valence-electron chi connectivity index (χ1n) is 6.92. The summed E-state index contributed by atoms with van der Waals surface area (Å²) in [5, 5.41) is 0. The van der Waals surface area contributed by atoms with Crippen molar-refractivity contribution in [3.63, 3.8) is 0 Å². The van der Waals surface area contributed by atoms with E-state index in [9.17, 15) is 8.42 Å². The van der Waals surface area contributed by atoms with Gasteiger partial charge >= 0.3 is 0 Å². The molecule has 2 nitrogen and oxygen atoms in total. The van der Waals surface area contributed by atoms with E-state index in [-0.39, 0.29) is 11.3 Å². The summed E-state index contributed by atoms with van der Waals surface area (Å²) in [7, 11) is -2.85. The van der Waals surface area contributed by atoms with Crippen LogP contribution in [-0.4, -0.2) is 25.8 Å². The summed E-state index contributed by atoms with van der Waals surface area (Å²) in [4.78, 5) is 0. The molecule has 1 aliphatic heterocycles. The third kappa shape index (κ3) is 2.21.